The van der Waals surface area contributed by atoms with Crippen LogP contribution in [0.5, 0.6) is 0 Å². The topological polar surface area (TPSA) is 79.0 Å². The molecule has 0 bridgehead atoms. The molecular weight excluding hydrogens is 292 g/mol. The molecule has 21 heavy (non-hydrogen) atoms. The van der Waals surface area contributed by atoms with Gasteiger partial charge in [0, 0.05) is 43.9 Å². The monoisotopic (exact) mass is 314 g/mol. The van der Waals surface area contributed by atoms with Crippen LogP contribution < -0.4 is 10.6 Å². The summed E-state index contributed by atoms with van der Waals surface area (Å²) in [5.74, 6) is 0.445. The summed E-state index contributed by atoms with van der Waals surface area (Å²) in [5.41, 5.74) is 2.66. The molecule has 6 nitrogen and oxygen atoms in total. The fraction of sp³-hybridized carbons (Fsp3) is 0.714. The van der Waals surface area contributed by atoms with Crippen LogP contribution in [0.15, 0.2) is 0 Å². The molecule has 2 atom stereocenters. The average Bonchev–Trinajstić information content (AvgIpc) is 2.89. The van der Waals surface area contributed by atoms with E-state index in [0.717, 1.165) is 50.2 Å². The number of fused-ring (bicyclic) bond motifs is 1. The van der Waals surface area contributed by atoms with E-state index in [2.05, 4.69) is 27.8 Å². The van der Waals surface area contributed by atoms with Crippen molar-refractivity contribution in [2.75, 3.05) is 19.7 Å². The van der Waals surface area contributed by atoms with Gasteiger partial charge in [-0.15, -0.1) is 12.4 Å². The van der Waals surface area contributed by atoms with Gasteiger partial charge >= 0.3 is 0 Å². The van der Waals surface area contributed by atoms with Crippen LogP contribution in [-0.2, 0) is 17.7 Å². The highest BCUT2D eigenvalue weighted by molar-refractivity contribution is 5.94. The van der Waals surface area contributed by atoms with Gasteiger partial charge in [0.2, 0.25) is 0 Å². The summed E-state index contributed by atoms with van der Waals surface area (Å²) >= 11 is 0. The highest BCUT2D eigenvalue weighted by Crippen LogP contribution is 2.19. The third-order valence-electron chi connectivity index (χ3n) is 4.17. The third-order valence-corrected chi connectivity index (χ3v) is 4.17. The van der Waals surface area contributed by atoms with Gasteiger partial charge in [-0.1, -0.05) is 0 Å². The molecule has 1 aromatic heterocycles. The summed E-state index contributed by atoms with van der Waals surface area (Å²) < 4.78 is 5.52. The first-order chi connectivity index (χ1) is 9.74. The van der Waals surface area contributed by atoms with Gasteiger partial charge in [0.15, 0.2) is 5.69 Å². The molecule has 7 heteroatoms. The lowest BCUT2D eigenvalue weighted by Gasteiger charge is -2.27. The molecule has 2 unspecified atom stereocenters. The molecule has 1 amide bonds. The normalized spacial score (nSPS) is 24.8. The highest BCUT2D eigenvalue weighted by atomic mass is 35.5. The van der Waals surface area contributed by atoms with E-state index in [-0.39, 0.29) is 18.3 Å². The first-order valence-corrected chi connectivity index (χ1v) is 7.40. The number of ether oxygens (including phenoxy) is 1. The number of hydrogen-bond acceptors (Lipinski definition) is 4. The van der Waals surface area contributed by atoms with Gasteiger partial charge in [0.1, 0.15) is 0 Å². The summed E-state index contributed by atoms with van der Waals surface area (Å²) in [7, 11) is 0. The number of nitrogens with one attached hydrogen (secondary N) is 3. The van der Waals surface area contributed by atoms with Crippen LogP contribution in [0.25, 0.3) is 0 Å². The molecule has 1 fully saturated rings. The summed E-state index contributed by atoms with van der Waals surface area (Å²) in [5, 5.41) is 13.5. The Morgan fingerprint density at radius 1 is 1.52 bits per heavy atom. The van der Waals surface area contributed by atoms with Gasteiger partial charge < -0.3 is 15.4 Å². The molecule has 1 aromatic rings. The molecule has 0 spiro atoms. The predicted octanol–water partition coefficient (Wildman–Crippen LogP) is 1.02. The maximum atomic E-state index is 12.2. The predicted molar refractivity (Wildman–Crippen MR) is 81.7 cm³/mol. The highest BCUT2D eigenvalue weighted by Gasteiger charge is 2.23. The largest absolute Gasteiger partial charge is 0.378 e. The lowest BCUT2D eigenvalue weighted by molar-refractivity contribution is 0.00301. The second kappa shape index (κ2) is 7.24. The van der Waals surface area contributed by atoms with Crippen molar-refractivity contribution in [3.63, 3.8) is 0 Å². The van der Waals surface area contributed by atoms with Crippen LogP contribution in [0, 0.1) is 5.92 Å². The van der Waals surface area contributed by atoms with Crippen molar-refractivity contribution in [2.24, 2.45) is 5.92 Å². The second-order valence-corrected chi connectivity index (χ2v) is 5.74. The number of carbonyl (C=O) groups is 1. The number of H-pyrrole nitrogens is 1. The van der Waals surface area contributed by atoms with Gasteiger partial charge in [-0.05, 0) is 25.7 Å². The van der Waals surface area contributed by atoms with E-state index in [1.165, 1.54) is 0 Å². The van der Waals surface area contributed by atoms with E-state index < -0.39 is 0 Å². The van der Waals surface area contributed by atoms with Crippen molar-refractivity contribution < 1.29 is 9.53 Å². The summed E-state index contributed by atoms with van der Waals surface area (Å²) in [4.78, 5) is 12.2. The van der Waals surface area contributed by atoms with Crippen molar-refractivity contribution in [2.45, 2.75) is 38.8 Å². The molecule has 2 aliphatic heterocycles. The van der Waals surface area contributed by atoms with Gasteiger partial charge in [-0.3, -0.25) is 9.89 Å². The summed E-state index contributed by atoms with van der Waals surface area (Å²) in [6, 6.07) is 0. The van der Waals surface area contributed by atoms with Crippen LogP contribution in [0.4, 0.5) is 0 Å². The van der Waals surface area contributed by atoms with Crippen LogP contribution in [-0.4, -0.2) is 41.9 Å². The van der Waals surface area contributed by atoms with Crippen molar-refractivity contribution in [3.05, 3.63) is 17.0 Å². The number of carbonyl (C=O) groups excluding carboxylic acids is 1. The molecular formula is C14H23ClN4O2. The zero-order valence-corrected chi connectivity index (χ0v) is 13.1. The molecule has 3 N–H and O–H groups in total. The second-order valence-electron chi connectivity index (χ2n) is 5.74. The Morgan fingerprint density at radius 3 is 3.19 bits per heavy atom. The molecule has 0 radical (unpaired) electrons. The summed E-state index contributed by atoms with van der Waals surface area (Å²) in [6.07, 6.45) is 3.24. The number of amides is 1. The number of hydrogen-bond donors (Lipinski definition) is 3. The lowest BCUT2D eigenvalue weighted by Crippen LogP contribution is -2.35. The van der Waals surface area contributed by atoms with E-state index in [9.17, 15) is 4.79 Å². The van der Waals surface area contributed by atoms with E-state index in [0.29, 0.717) is 24.3 Å². The molecule has 0 aliphatic carbocycles. The van der Waals surface area contributed by atoms with Gasteiger partial charge in [0.25, 0.3) is 5.91 Å². The number of nitrogens with zero attached hydrogens (tertiary/aromatic N) is 1. The Bertz CT molecular complexity index is 491. The van der Waals surface area contributed by atoms with Gasteiger partial charge in [-0.25, -0.2) is 0 Å². The van der Waals surface area contributed by atoms with Crippen molar-refractivity contribution >= 4 is 18.3 Å². The average molecular weight is 315 g/mol. The van der Waals surface area contributed by atoms with Crippen molar-refractivity contribution in [1.29, 1.82) is 0 Å². The Labute approximate surface area is 130 Å². The van der Waals surface area contributed by atoms with E-state index in [4.69, 9.17) is 4.74 Å². The summed E-state index contributed by atoms with van der Waals surface area (Å²) in [6.45, 7) is 5.26. The molecule has 0 saturated carbocycles. The maximum absolute atomic E-state index is 12.2. The van der Waals surface area contributed by atoms with Gasteiger partial charge in [0.05, 0.1) is 6.10 Å². The molecule has 1 saturated heterocycles. The fourth-order valence-electron chi connectivity index (χ4n) is 3.01. The molecule has 3 heterocycles. The Kier molecular flexibility index (Phi) is 5.61. The van der Waals surface area contributed by atoms with Crippen LogP contribution in [0.3, 0.4) is 0 Å². The lowest BCUT2D eigenvalue weighted by atomic mass is 9.96. The number of aromatic amines is 1. The number of aromatic nitrogens is 2. The first-order valence-electron chi connectivity index (χ1n) is 7.40. The number of rotatable bonds is 3. The zero-order chi connectivity index (χ0) is 13.9. The van der Waals surface area contributed by atoms with Crippen molar-refractivity contribution in [3.8, 4) is 0 Å². The maximum Gasteiger partial charge on any atom is 0.272 e. The Morgan fingerprint density at radius 2 is 2.38 bits per heavy atom. The van der Waals surface area contributed by atoms with Crippen LogP contribution >= 0.6 is 12.4 Å². The first kappa shape index (κ1) is 16.3. The quantitative estimate of drug-likeness (QED) is 0.778. The smallest absolute Gasteiger partial charge is 0.272 e. The minimum Gasteiger partial charge on any atom is -0.378 e. The van der Waals surface area contributed by atoms with E-state index in [1.807, 2.05) is 0 Å². The Balaban J connectivity index is 0.00000161. The Hall–Kier alpha value is -1.11. The van der Waals surface area contributed by atoms with Crippen LogP contribution in [0.1, 0.15) is 41.5 Å². The number of halogens is 1. The fourth-order valence-corrected chi connectivity index (χ4v) is 3.01. The molecule has 3 rings (SSSR count). The molecule has 0 aromatic carbocycles. The minimum atomic E-state index is -0.0645. The standard InChI is InChI=1S/C14H22N4O2.ClH/c1-9-6-10(3-5-20-9)7-16-14(19)13-11-8-15-4-2-12(11)17-18-13;/h9-10,15H,2-8H2,1H3,(H,16,19)(H,17,18);1H. The molecule has 118 valence electrons. The molecule has 2 aliphatic rings. The minimum absolute atomic E-state index is 0. The van der Waals surface area contributed by atoms with E-state index >= 15 is 0 Å². The van der Waals surface area contributed by atoms with Crippen LogP contribution in [0.2, 0.25) is 0 Å². The zero-order valence-electron chi connectivity index (χ0n) is 12.3. The van der Waals surface area contributed by atoms with Gasteiger partial charge in [-0.2, -0.15) is 5.10 Å². The van der Waals surface area contributed by atoms with E-state index in [1.54, 1.807) is 0 Å². The SMILES string of the molecule is CC1CC(CNC(=O)c2n[nH]c3c2CNCC3)CCO1.Cl. The van der Waals surface area contributed by atoms with Crippen molar-refractivity contribution in [1.82, 2.24) is 20.8 Å². The third kappa shape index (κ3) is 3.75.